The molecule has 1 aromatic carbocycles. The van der Waals surface area contributed by atoms with Crippen molar-refractivity contribution in [3.05, 3.63) is 47.0 Å². The second-order valence-corrected chi connectivity index (χ2v) is 6.20. The first-order valence-electron chi connectivity index (χ1n) is 8.25. The quantitative estimate of drug-likeness (QED) is 0.900. The van der Waals surface area contributed by atoms with Crippen LogP contribution in [0.15, 0.2) is 24.3 Å². The molecule has 0 aliphatic carbocycles. The fourth-order valence-electron chi connectivity index (χ4n) is 3.05. The Hall–Kier alpha value is -2.28. The molecular formula is C17H22FN5O. The number of nitrogens with one attached hydrogen (secondary N) is 2. The van der Waals surface area contributed by atoms with Crippen molar-refractivity contribution in [2.75, 3.05) is 13.1 Å². The summed E-state index contributed by atoms with van der Waals surface area (Å²) in [5, 5.41) is 14.5. The molecule has 7 heteroatoms. The van der Waals surface area contributed by atoms with E-state index in [0.29, 0.717) is 5.69 Å². The number of piperidine rings is 1. The molecule has 1 aromatic heterocycles. The van der Waals surface area contributed by atoms with Crippen LogP contribution in [0.2, 0.25) is 0 Å². The van der Waals surface area contributed by atoms with Gasteiger partial charge in [-0.15, -0.1) is 5.10 Å². The van der Waals surface area contributed by atoms with E-state index < -0.39 is 0 Å². The minimum atomic E-state index is -0.293. The van der Waals surface area contributed by atoms with Gasteiger partial charge >= 0.3 is 0 Å². The van der Waals surface area contributed by atoms with E-state index in [1.54, 1.807) is 12.1 Å². The third kappa shape index (κ3) is 3.46. The van der Waals surface area contributed by atoms with Gasteiger partial charge in [-0.2, -0.15) is 0 Å². The molecule has 1 aliphatic rings. The zero-order chi connectivity index (χ0) is 17.1. The maximum Gasteiger partial charge on any atom is 0.274 e. The molecule has 0 unspecified atom stereocenters. The van der Waals surface area contributed by atoms with Crippen LogP contribution in [0.1, 0.15) is 53.6 Å². The van der Waals surface area contributed by atoms with Gasteiger partial charge in [-0.05, 0) is 57.5 Å². The minimum absolute atomic E-state index is 0.235. The van der Waals surface area contributed by atoms with Crippen molar-refractivity contribution in [2.45, 2.75) is 38.8 Å². The number of amides is 1. The van der Waals surface area contributed by atoms with Gasteiger partial charge in [0.15, 0.2) is 5.69 Å². The number of benzene rings is 1. The Kier molecular flexibility index (Phi) is 4.89. The van der Waals surface area contributed by atoms with E-state index in [1.807, 2.05) is 18.5 Å². The van der Waals surface area contributed by atoms with Crippen molar-refractivity contribution in [3.63, 3.8) is 0 Å². The van der Waals surface area contributed by atoms with Gasteiger partial charge in [-0.25, -0.2) is 9.07 Å². The Bertz CT molecular complexity index is 706. The predicted molar refractivity (Wildman–Crippen MR) is 88.2 cm³/mol. The molecule has 1 aliphatic heterocycles. The number of rotatable bonds is 4. The van der Waals surface area contributed by atoms with Gasteiger partial charge in [0.1, 0.15) is 5.82 Å². The molecule has 2 N–H and O–H groups in total. The fraction of sp³-hybridized carbons (Fsp3) is 0.471. The number of aromatic nitrogens is 3. The molecule has 128 valence electrons. The molecule has 0 radical (unpaired) electrons. The second-order valence-electron chi connectivity index (χ2n) is 6.20. The summed E-state index contributed by atoms with van der Waals surface area (Å²) in [5.74, 6) is -0.553. The topological polar surface area (TPSA) is 71.8 Å². The lowest BCUT2D eigenvalue weighted by atomic mass is 10.1. The highest BCUT2D eigenvalue weighted by Gasteiger charge is 2.23. The first-order chi connectivity index (χ1) is 11.6. The van der Waals surface area contributed by atoms with Gasteiger partial charge in [0.2, 0.25) is 0 Å². The third-order valence-corrected chi connectivity index (χ3v) is 4.51. The van der Waals surface area contributed by atoms with Gasteiger partial charge in [-0.1, -0.05) is 17.3 Å². The summed E-state index contributed by atoms with van der Waals surface area (Å²) in [6.45, 7) is 5.64. The molecule has 1 saturated heterocycles. The van der Waals surface area contributed by atoms with Gasteiger partial charge < -0.3 is 10.6 Å². The molecular weight excluding hydrogens is 309 g/mol. The van der Waals surface area contributed by atoms with E-state index in [-0.39, 0.29) is 23.8 Å². The maximum atomic E-state index is 13.0. The van der Waals surface area contributed by atoms with Crippen LogP contribution in [0.3, 0.4) is 0 Å². The molecule has 0 bridgehead atoms. The number of carbonyl (C=O) groups is 1. The van der Waals surface area contributed by atoms with Crippen molar-refractivity contribution in [3.8, 4) is 0 Å². The van der Waals surface area contributed by atoms with E-state index in [9.17, 15) is 9.18 Å². The molecule has 24 heavy (non-hydrogen) atoms. The Morgan fingerprint density at radius 2 is 2.00 bits per heavy atom. The van der Waals surface area contributed by atoms with E-state index in [4.69, 9.17) is 0 Å². The van der Waals surface area contributed by atoms with Crippen LogP contribution in [0.5, 0.6) is 0 Å². The molecule has 3 rings (SSSR count). The molecule has 2 heterocycles. The lowest BCUT2D eigenvalue weighted by Gasteiger charge is -2.23. The summed E-state index contributed by atoms with van der Waals surface area (Å²) in [4.78, 5) is 12.5. The largest absolute Gasteiger partial charge is 0.344 e. The van der Waals surface area contributed by atoms with Crippen LogP contribution in [-0.2, 0) is 0 Å². The van der Waals surface area contributed by atoms with Crippen molar-refractivity contribution in [1.82, 2.24) is 25.6 Å². The highest BCUT2D eigenvalue weighted by atomic mass is 19.1. The highest BCUT2D eigenvalue weighted by Crippen LogP contribution is 2.21. The van der Waals surface area contributed by atoms with Crippen molar-refractivity contribution in [1.29, 1.82) is 0 Å². The van der Waals surface area contributed by atoms with Crippen LogP contribution < -0.4 is 10.6 Å². The zero-order valence-electron chi connectivity index (χ0n) is 13.9. The SMILES string of the molecule is Cc1c(C(=O)N[C@H](C)c2ccc(F)cc2)nnn1C1CCNCC1. The molecule has 0 saturated carbocycles. The summed E-state index contributed by atoms with van der Waals surface area (Å²) >= 11 is 0. The minimum Gasteiger partial charge on any atom is -0.344 e. The van der Waals surface area contributed by atoms with Gasteiger partial charge in [0.25, 0.3) is 5.91 Å². The standard InChI is InChI=1S/C17H22FN5O/c1-11(13-3-5-14(18)6-4-13)20-17(24)16-12(2)23(22-21-16)15-7-9-19-10-8-15/h3-6,11,15,19H,7-10H2,1-2H3,(H,20,24)/t11-/m1/s1. The summed E-state index contributed by atoms with van der Waals surface area (Å²) in [6, 6.07) is 6.15. The Labute approximate surface area is 140 Å². The molecule has 2 aromatic rings. The Balaban J connectivity index is 1.70. The first kappa shape index (κ1) is 16.6. The van der Waals surface area contributed by atoms with E-state index in [1.165, 1.54) is 12.1 Å². The summed E-state index contributed by atoms with van der Waals surface area (Å²) < 4.78 is 14.9. The van der Waals surface area contributed by atoms with E-state index in [0.717, 1.165) is 37.2 Å². The first-order valence-corrected chi connectivity index (χ1v) is 8.25. The van der Waals surface area contributed by atoms with Gasteiger partial charge in [-0.3, -0.25) is 4.79 Å². The summed E-state index contributed by atoms with van der Waals surface area (Å²) in [7, 11) is 0. The number of nitrogens with zero attached hydrogens (tertiary/aromatic N) is 3. The zero-order valence-corrected chi connectivity index (χ0v) is 13.9. The normalized spacial score (nSPS) is 16.8. The number of carbonyl (C=O) groups excluding carboxylic acids is 1. The summed E-state index contributed by atoms with van der Waals surface area (Å²) in [5.41, 5.74) is 1.97. The van der Waals surface area contributed by atoms with Crippen LogP contribution in [0.4, 0.5) is 4.39 Å². The van der Waals surface area contributed by atoms with Crippen LogP contribution in [0.25, 0.3) is 0 Å². The number of hydrogen-bond donors (Lipinski definition) is 2. The average molecular weight is 331 g/mol. The van der Waals surface area contributed by atoms with Gasteiger partial charge in [0.05, 0.1) is 17.8 Å². The molecule has 0 spiro atoms. The average Bonchev–Trinajstić information content (AvgIpc) is 2.98. The van der Waals surface area contributed by atoms with E-state index in [2.05, 4.69) is 20.9 Å². The molecule has 1 atom stereocenters. The molecule has 6 nitrogen and oxygen atoms in total. The van der Waals surface area contributed by atoms with Crippen molar-refractivity contribution < 1.29 is 9.18 Å². The Morgan fingerprint density at radius 3 is 2.67 bits per heavy atom. The Morgan fingerprint density at radius 1 is 1.33 bits per heavy atom. The maximum absolute atomic E-state index is 13.0. The third-order valence-electron chi connectivity index (χ3n) is 4.51. The van der Waals surface area contributed by atoms with Crippen LogP contribution in [-0.4, -0.2) is 34.0 Å². The van der Waals surface area contributed by atoms with E-state index >= 15 is 0 Å². The lowest BCUT2D eigenvalue weighted by Crippen LogP contribution is -2.31. The van der Waals surface area contributed by atoms with Crippen molar-refractivity contribution >= 4 is 5.91 Å². The molecule has 1 amide bonds. The predicted octanol–water partition coefficient (Wildman–Crippen LogP) is 2.14. The summed E-state index contributed by atoms with van der Waals surface area (Å²) in [6.07, 6.45) is 1.97. The fourth-order valence-corrected chi connectivity index (χ4v) is 3.05. The van der Waals surface area contributed by atoms with Crippen LogP contribution >= 0.6 is 0 Å². The molecule has 1 fully saturated rings. The van der Waals surface area contributed by atoms with Gasteiger partial charge in [0, 0.05) is 0 Å². The smallest absolute Gasteiger partial charge is 0.274 e. The highest BCUT2D eigenvalue weighted by molar-refractivity contribution is 5.93. The lowest BCUT2D eigenvalue weighted by molar-refractivity contribution is 0.0934. The second kappa shape index (κ2) is 7.09. The monoisotopic (exact) mass is 331 g/mol. The number of halogens is 1. The van der Waals surface area contributed by atoms with Crippen LogP contribution in [0, 0.1) is 12.7 Å². The number of hydrogen-bond acceptors (Lipinski definition) is 4. The van der Waals surface area contributed by atoms with Crippen molar-refractivity contribution in [2.24, 2.45) is 0 Å².